The fraction of sp³-hybridized carbons (Fsp3) is 0.500. The van der Waals surface area contributed by atoms with Crippen molar-refractivity contribution in [2.45, 2.75) is 20.1 Å². The van der Waals surface area contributed by atoms with Gasteiger partial charge in [-0.05, 0) is 13.8 Å². The van der Waals surface area contributed by atoms with Gasteiger partial charge in [0.25, 0.3) is 0 Å². The van der Waals surface area contributed by atoms with Crippen molar-refractivity contribution in [2.24, 2.45) is 5.73 Å². The number of ether oxygens (including phenoxy) is 1. The van der Waals surface area contributed by atoms with E-state index in [-0.39, 0.29) is 11.5 Å². The average molecular weight is 184 g/mol. The number of hydrogen-bond donors (Lipinski definition) is 1. The maximum absolute atomic E-state index is 11.4. The van der Waals surface area contributed by atoms with E-state index in [4.69, 9.17) is 15.0 Å². The standard InChI is InChI=1S/C8H12N2O3/c1-3-12-8(9)7(11)6-4-5(2)10-13-6/h4,8H,3,9H2,1-2H3. The third-order valence-corrected chi connectivity index (χ3v) is 1.48. The fourth-order valence-electron chi connectivity index (χ4n) is 0.875. The highest BCUT2D eigenvalue weighted by molar-refractivity contribution is 5.96. The van der Waals surface area contributed by atoms with E-state index < -0.39 is 6.23 Å². The van der Waals surface area contributed by atoms with Gasteiger partial charge in [0.2, 0.25) is 11.5 Å². The topological polar surface area (TPSA) is 78.4 Å². The number of Topliss-reactive ketones (excluding diaryl/α,β-unsaturated/α-hetero) is 1. The second kappa shape index (κ2) is 4.15. The Bertz CT molecular complexity index is 295. The zero-order valence-electron chi connectivity index (χ0n) is 7.61. The third kappa shape index (κ3) is 2.37. The van der Waals surface area contributed by atoms with Gasteiger partial charge in [0, 0.05) is 12.7 Å². The monoisotopic (exact) mass is 184 g/mol. The van der Waals surface area contributed by atoms with Crippen LogP contribution in [0.4, 0.5) is 0 Å². The molecule has 0 radical (unpaired) electrons. The van der Waals surface area contributed by atoms with Crippen LogP contribution in [0.2, 0.25) is 0 Å². The Balaban J connectivity index is 2.67. The van der Waals surface area contributed by atoms with E-state index >= 15 is 0 Å². The number of carbonyl (C=O) groups excluding carboxylic acids is 1. The molecule has 1 heterocycles. The predicted molar refractivity (Wildman–Crippen MR) is 45.2 cm³/mol. The van der Waals surface area contributed by atoms with Gasteiger partial charge in [0.1, 0.15) is 0 Å². The minimum absolute atomic E-state index is 0.137. The van der Waals surface area contributed by atoms with E-state index in [1.807, 2.05) is 0 Å². The van der Waals surface area contributed by atoms with Gasteiger partial charge in [-0.2, -0.15) is 0 Å². The summed E-state index contributed by atoms with van der Waals surface area (Å²) >= 11 is 0. The first kappa shape index (κ1) is 9.88. The first-order chi connectivity index (χ1) is 6.15. The molecule has 0 saturated heterocycles. The summed E-state index contributed by atoms with van der Waals surface area (Å²) in [7, 11) is 0. The molecule has 72 valence electrons. The number of carbonyl (C=O) groups is 1. The molecular formula is C8H12N2O3. The Morgan fingerprint density at radius 1 is 1.85 bits per heavy atom. The van der Waals surface area contributed by atoms with Gasteiger partial charge in [-0.3, -0.25) is 10.5 Å². The molecule has 0 aliphatic carbocycles. The molecule has 1 unspecified atom stereocenters. The van der Waals surface area contributed by atoms with E-state index in [0.29, 0.717) is 12.3 Å². The molecule has 0 bridgehead atoms. The van der Waals surface area contributed by atoms with Crippen LogP contribution in [0.3, 0.4) is 0 Å². The summed E-state index contributed by atoms with van der Waals surface area (Å²) in [4.78, 5) is 11.4. The number of rotatable bonds is 4. The Morgan fingerprint density at radius 2 is 2.54 bits per heavy atom. The van der Waals surface area contributed by atoms with Crippen molar-refractivity contribution in [3.05, 3.63) is 17.5 Å². The van der Waals surface area contributed by atoms with Gasteiger partial charge >= 0.3 is 0 Å². The number of hydrogen-bond acceptors (Lipinski definition) is 5. The number of nitrogens with zero attached hydrogens (tertiary/aromatic N) is 1. The molecule has 5 nitrogen and oxygen atoms in total. The highest BCUT2D eigenvalue weighted by atomic mass is 16.5. The van der Waals surface area contributed by atoms with E-state index in [0.717, 1.165) is 0 Å². The second-order valence-corrected chi connectivity index (χ2v) is 2.57. The summed E-state index contributed by atoms with van der Waals surface area (Å²) in [6.45, 7) is 3.88. The molecule has 0 spiro atoms. The van der Waals surface area contributed by atoms with Crippen molar-refractivity contribution in [1.82, 2.24) is 5.16 Å². The molecule has 1 aromatic rings. The number of nitrogens with two attached hydrogens (primary N) is 1. The fourth-order valence-corrected chi connectivity index (χ4v) is 0.875. The molecule has 2 N–H and O–H groups in total. The summed E-state index contributed by atoms with van der Waals surface area (Å²) in [5, 5.41) is 3.57. The summed E-state index contributed by atoms with van der Waals surface area (Å²) < 4.78 is 9.64. The molecule has 1 rings (SSSR count). The lowest BCUT2D eigenvalue weighted by Gasteiger charge is -2.06. The Labute approximate surface area is 75.8 Å². The van der Waals surface area contributed by atoms with E-state index in [1.54, 1.807) is 13.8 Å². The SMILES string of the molecule is CCOC(N)C(=O)c1cc(C)no1. The van der Waals surface area contributed by atoms with Gasteiger partial charge in [-0.1, -0.05) is 5.16 Å². The quantitative estimate of drug-likeness (QED) is 0.544. The molecule has 5 heteroatoms. The van der Waals surface area contributed by atoms with Crippen molar-refractivity contribution in [2.75, 3.05) is 6.61 Å². The number of ketones is 1. The zero-order valence-corrected chi connectivity index (χ0v) is 7.61. The first-order valence-electron chi connectivity index (χ1n) is 4.00. The highest BCUT2D eigenvalue weighted by Gasteiger charge is 2.19. The lowest BCUT2D eigenvalue weighted by atomic mass is 10.2. The molecule has 0 fully saturated rings. The van der Waals surface area contributed by atoms with Crippen molar-refractivity contribution in [3.63, 3.8) is 0 Å². The van der Waals surface area contributed by atoms with Gasteiger partial charge in [-0.25, -0.2) is 0 Å². The van der Waals surface area contributed by atoms with Crippen LogP contribution in [0, 0.1) is 6.92 Å². The molecule has 1 atom stereocenters. The largest absolute Gasteiger partial charge is 0.356 e. The molecule has 0 saturated carbocycles. The molecule has 0 aromatic carbocycles. The molecule has 0 aliphatic heterocycles. The summed E-state index contributed by atoms with van der Waals surface area (Å²) in [5.41, 5.74) is 6.05. The van der Waals surface area contributed by atoms with Crippen LogP contribution >= 0.6 is 0 Å². The van der Waals surface area contributed by atoms with Crippen LogP contribution in [0.15, 0.2) is 10.6 Å². The molecular weight excluding hydrogens is 172 g/mol. The lowest BCUT2D eigenvalue weighted by Crippen LogP contribution is -2.33. The zero-order chi connectivity index (χ0) is 9.84. The van der Waals surface area contributed by atoms with E-state index in [1.165, 1.54) is 6.07 Å². The highest BCUT2D eigenvalue weighted by Crippen LogP contribution is 2.05. The first-order valence-corrected chi connectivity index (χ1v) is 4.00. The average Bonchev–Trinajstić information content (AvgIpc) is 2.51. The van der Waals surface area contributed by atoms with Gasteiger partial charge in [0.15, 0.2) is 6.23 Å². The molecule has 0 amide bonds. The molecule has 1 aromatic heterocycles. The minimum Gasteiger partial charge on any atom is -0.356 e. The van der Waals surface area contributed by atoms with Gasteiger partial charge in [-0.15, -0.1) is 0 Å². The van der Waals surface area contributed by atoms with Crippen LogP contribution < -0.4 is 5.73 Å². The third-order valence-electron chi connectivity index (χ3n) is 1.48. The maximum Gasteiger partial charge on any atom is 0.244 e. The number of aryl methyl sites for hydroxylation is 1. The van der Waals surface area contributed by atoms with Gasteiger partial charge in [0.05, 0.1) is 5.69 Å². The second-order valence-electron chi connectivity index (χ2n) is 2.57. The maximum atomic E-state index is 11.4. The van der Waals surface area contributed by atoms with Crippen LogP contribution in [0.1, 0.15) is 23.2 Å². The van der Waals surface area contributed by atoms with Crippen LogP contribution in [0.25, 0.3) is 0 Å². The summed E-state index contributed by atoms with van der Waals surface area (Å²) in [6, 6.07) is 1.53. The van der Waals surface area contributed by atoms with Crippen molar-refractivity contribution < 1.29 is 14.1 Å². The lowest BCUT2D eigenvalue weighted by molar-refractivity contribution is 0.0448. The van der Waals surface area contributed by atoms with E-state index in [9.17, 15) is 4.79 Å². The summed E-state index contributed by atoms with van der Waals surface area (Å²) in [5.74, 6) is -0.249. The number of aromatic nitrogens is 1. The van der Waals surface area contributed by atoms with Crippen LogP contribution in [0.5, 0.6) is 0 Å². The normalized spacial score (nSPS) is 12.8. The van der Waals surface area contributed by atoms with Crippen LogP contribution in [-0.4, -0.2) is 23.8 Å². The Kier molecular flexibility index (Phi) is 3.16. The molecule has 13 heavy (non-hydrogen) atoms. The Hall–Kier alpha value is -1.20. The van der Waals surface area contributed by atoms with E-state index in [2.05, 4.69) is 5.16 Å². The minimum atomic E-state index is -0.961. The van der Waals surface area contributed by atoms with Gasteiger partial charge < -0.3 is 9.26 Å². The summed E-state index contributed by atoms with van der Waals surface area (Å²) in [6.07, 6.45) is -0.961. The predicted octanol–water partition coefficient (Wildman–Crippen LogP) is 0.487. The van der Waals surface area contributed by atoms with Crippen molar-refractivity contribution >= 4 is 5.78 Å². The molecule has 0 aliphatic rings. The van der Waals surface area contributed by atoms with Crippen molar-refractivity contribution in [1.29, 1.82) is 0 Å². The van der Waals surface area contributed by atoms with Crippen LogP contribution in [-0.2, 0) is 4.74 Å². The Morgan fingerprint density at radius 3 is 3.00 bits per heavy atom. The van der Waals surface area contributed by atoms with Crippen molar-refractivity contribution in [3.8, 4) is 0 Å². The smallest absolute Gasteiger partial charge is 0.244 e.